The number of hydrogen-bond acceptors (Lipinski definition) is 3. The average Bonchev–Trinajstić information content (AvgIpc) is 2.82. The van der Waals surface area contributed by atoms with Crippen LogP contribution in [0.3, 0.4) is 0 Å². The number of rotatable bonds is 3. The summed E-state index contributed by atoms with van der Waals surface area (Å²) in [5, 5.41) is 3.46. The molecule has 4 nitrogen and oxygen atoms in total. The minimum atomic E-state index is 0.704. The maximum Gasteiger partial charge on any atom is 0.135 e. The van der Waals surface area contributed by atoms with Crippen molar-refractivity contribution in [2.75, 3.05) is 20.2 Å². The van der Waals surface area contributed by atoms with Crippen molar-refractivity contribution in [1.29, 1.82) is 0 Å². The highest BCUT2D eigenvalue weighted by Gasteiger charge is 2.16. The van der Waals surface area contributed by atoms with Gasteiger partial charge in [0.1, 0.15) is 11.6 Å². The van der Waals surface area contributed by atoms with Gasteiger partial charge in [-0.05, 0) is 44.0 Å². The van der Waals surface area contributed by atoms with Crippen LogP contribution in [0, 0.1) is 5.92 Å². The average molecular weight is 245 g/mol. The molecule has 0 aromatic carbocycles. The van der Waals surface area contributed by atoms with Crippen molar-refractivity contribution in [3.05, 3.63) is 30.4 Å². The van der Waals surface area contributed by atoms with Gasteiger partial charge in [-0.3, -0.25) is 0 Å². The number of imidazole rings is 1. The highest BCUT2D eigenvalue weighted by molar-refractivity contribution is 5.48. The zero-order chi connectivity index (χ0) is 12.4. The number of ether oxygens (including phenoxy) is 1. The Kier molecular flexibility index (Phi) is 3.19. The Hall–Kier alpha value is -1.55. The summed E-state index contributed by atoms with van der Waals surface area (Å²) in [6.45, 7) is 2.27. The summed E-state index contributed by atoms with van der Waals surface area (Å²) in [4.78, 5) is 4.54. The first-order chi connectivity index (χ1) is 8.86. The van der Waals surface area contributed by atoms with Crippen molar-refractivity contribution in [2.45, 2.75) is 19.3 Å². The minimum Gasteiger partial charge on any atom is -0.495 e. The molecule has 0 bridgehead atoms. The lowest BCUT2D eigenvalue weighted by molar-refractivity contribution is 0.370. The van der Waals surface area contributed by atoms with Crippen LogP contribution in [0.25, 0.3) is 5.52 Å². The van der Waals surface area contributed by atoms with Gasteiger partial charge in [0.15, 0.2) is 0 Å². The zero-order valence-corrected chi connectivity index (χ0v) is 10.7. The van der Waals surface area contributed by atoms with Gasteiger partial charge in [-0.25, -0.2) is 4.98 Å². The molecule has 96 valence electrons. The molecule has 1 unspecified atom stereocenters. The molecule has 1 saturated heterocycles. The molecule has 1 aliphatic rings. The van der Waals surface area contributed by atoms with Gasteiger partial charge in [-0.2, -0.15) is 0 Å². The van der Waals surface area contributed by atoms with E-state index in [0.717, 1.165) is 36.6 Å². The van der Waals surface area contributed by atoms with Crippen LogP contribution >= 0.6 is 0 Å². The molecule has 4 heteroatoms. The molecule has 18 heavy (non-hydrogen) atoms. The number of piperidine rings is 1. The number of nitrogens with one attached hydrogen (secondary N) is 1. The number of methoxy groups -OCH3 is 1. The number of pyridine rings is 1. The lowest BCUT2D eigenvalue weighted by Crippen LogP contribution is -2.31. The van der Waals surface area contributed by atoms with E-state index in [2.05, 4.69) is 20.8 Å². The summed E-state index contributed by atoms with van der Waals surface area (Å²) in [6, 6.07) is 4.03. The predicted octanol–water partition coefficient (Wildman–Crippen LogP) is 1.89. The fourth-order valence-corrected chi connectivity index (χ4v) is 2.65. The number of aromatic nitrogens is 2. The molecule has 2 aromatic heterocycles. The van der Waals surface area contributed by atoms with Gasteiger partial charge in [0.2, 0.25) is 0 Å². The highest BCUT2D eigenvalue weighted by atomic mass is 16.5. The molecule has 3 rings (SSSR count). The van der Waals surface area contributed by atoms with Gasteiger partial charge in [0.25, 0.3) is 0 Å². The fourth-order valence-electron chi connectivity index (χ4n) is 2.65. The Morgan fingerprint density at radius 2 is 2.44 bits per heavy atom. The first-order valence-corrected chi connectivity index (χ1v) is 6.57. The summed E-state index contributed by atoms with van der Waals surface area (Å²) >= 11 is 0. The second-order valence-electron chi connectivity index (χ2n) is 4.95. The summed E-state index contributed by atoms with van der Waals surface area (Å²) in [5.74, 6) is 2.72. The molecular formula is C14H19N3O. The van der Waals surface area contributed by atoms with Crippen LogP contribution in [0.5, 0.6) is 5.75 Å². The quantitative estimate of drug-likeness (QED) is 0.897. The van der Waals surface area contributed by atoms with Gasteiger partial charge < -0.3 is 14.5 Å². The van der Waals surface area contributed by atoms with Crippen LogP contribution in [0.4, 0.5) is 0 Å². The molecule has 1 fully saturated rings. The largest absolute Gasteiger partial charge is 0.495 e. The first kappa shape index (κ1) is 11.5. The van der Waals surface area contributed by atoms with E-state index in [4.69, 9.17) is 4.74 Å². The maximum absolute atomic E-state index is 5.28. The van der Waals surface area contributed by atoms with Gasteiger partial charge >= 0.3 is 0 Å². The second kappa shape index (κ2) is 4.98. The standard InChI is InChI=1S/C14H19N3O/c1-18-13-5-4-12-9-16-14(17(12)10-13)7-11-3-2-6-15-8-11/h4-5,9-11,15H,2-3,6-8H2,1H3. The van der Waals surface area contributed by atoms with Crippen LogP contribution in [0.1, 0.15) is 18.7 Å². The first-order valence-electron chi connectivity index (χ1n) is 6.57. The van der Waals surface area contributed by atoms with Crippen LogP contribution in [0.15, 0.2) is 24.5 Å². The van der Waals surface area contributed by atoms with Gasteiger partial charge in [-0.15, -0.1) is 0 Å². The Bertz CT molecular complexity index is 529. The van der Waals surface area contributed by atoms with Crippen molar-refractivity contribution in [1.82, 2.24) is 14.7 Å². The van der Waals surface area contributed by atoms with E-state index < -0.39 is 0 Å². The van der Waals surface area contributed by atoms with Crippen molar-refractivity contribution in [2.24, 2.45) is 5.92 Å². The van der Waals surface area contributed by atoms with E-state index in [9.17, 15) is 0 Å². The molecule has 1 aliphatic heterocycles. The van der Waals surface area contributed by atoms with Crippen LogP contribution in [-0.4, -0.2) is 29.6 Å². The van der Waals surface area contributed by atoms with E-state index in [1.54, 1.807) is 7.11 Å². The number of hydrogen-bond donors (Lipinski definition) is 1. The summed E-state index contributed by atoms with van der Waals surface area (Å²) in [6.07, 6.45) is 7.57. The highest BCUT2D eigenvalue weighted by Crippen LogP contribution is 2.19. The van der Waals surface area contributed by atoms with E-state index in [-0.39, 0.29) is 0 Å². The summed E-state index contributed by atoms with van der Waals surface area (Å²) in [7, 11) is 1.70. The SMILES string of the molecule is COc1ccc2cnc(CC3CCCNC3)n2c1. The van der Waals surface area contributed by atoms with Crippen molar-refractivity contribution < 1.29 is 4.74 Å². The number of nitrogens with zero attached hydrogens (tertiary/aromatic N) is 2. The molecule has 0 spiro atoms. The Morgan fingerprint density at radius 3 is 3.22 bits per heavy atom. The molecule has 2 aromatic rings. The maximum atomic E-state index is 5.28. The second-order valence-corrected chi connectivity index (χ2v) is 4.95. The Morgan fingerprint density at radius 1 is 1.50 bits per heavy atom. The molecule has 0 aliphatic carbocycles. The molecule has 0 radical (unpaired) electrons. The third-order valence-electron chi connectivity index (χ3n) is 3.68. The van der Waals surface area contributed by atoms with Crippen LogP contribution in [0.2, 0.25) is 0 Å². The third-order valence-corrected chi connectivity index (χ3v) is 3.68. The van der Waals surface area contributed by atoms with E-state index in [0.29, 0.717) is 5.92 Å². The number of fused-ring (bicyclic) bond motifs is 1. The lowest BCUT2D eigenvalue weighted by Gasteiger charge is -2.22. The monoisotopic (exact) mass is 245 g/mol. The smallest absolute Gasteiger partial charge is 0.135 e. The summed E-state index contributed by atoms with van der Waals surface area (Å²) < 4.78 is 7.42. The van der Waals surface area contributed by atoms with Crippen molar-refractivity contribution in [3.8, 4) is 5.75 Å². The molecule has 1 N–H and O–H groups in total. The Labute approximate surface area is 107 Å². The molecule has 0 amide bonds. The summed E-state index contributed by atoms with van der Waals surface area (Å²) in [5.41, 5.74) is 1.13. The van der Waals surface area contributed by atoms with Crippen LogP contribution < -0.4 is 10.1 Å². The third kappa shape index (κ3) is 2.20. The topological polar surface area (TPSA) is 38.6 Å². The van der Waals surface area contributed by atoms with Crippen molar-refractivity contribution >= 4 is 5.52 Å². The van der Waals surface area contributed by atoms with Gasteiger partial charge in [0, 0.05) is 6.42 Å². The van der Waals surface area contributed by atoms with Crippen molar-refractivity contribution in [3.63, 3.8) is 0 Å². The minimum absolute atomic E-state index is 0.704. The zero-order valence-electron chi connectivity index (χ0n) is 10.7. The fraction of sp³-hybridized carbons (Fsp3) is 0.500. The van der Waals surface area contributed by atoms with E-state index in [1.807, 2.05) is 18.5 Å². The molecule has 0 saturated carbocycles. The Balaban J connectivity index is 1.86. The van der Waals surface area contributed by atoms with E-state index >= 15 is 0 Å². The lowest BCUT2D eigenvalue weighted by atomic mass is 9.96. The van der Waals surface area contributed by atoms with Gasteiger partial charge in [-0.1, -0.05) is 0 Å². The van der Waals surface area contributed by atoms with Crippen LogP contribution in [-0.2, 0) is 6.42 Å². The van der Waals surface area contributed by atoms with E-state index in [1.165, 1.54) is 12.8 Å². The molecular weight excluding hydrogens is 226 g/mol. The predicted molar refractivity (Wildman–Crippen MR) is 71.0 cm³/mol. The molecule has 1 atom stereocenters. The normalized spacial score (nSPS) is 20.2. The molecule has 3 heterocycles. The van der Waals surface area contributed by atoms with Gasteiger partial charge in [0.05, 0.1) is 25.0 Å².